The van der Waals surface area contributed by atoms with Crippen LogP contribution in [-0.4, -0.2) is 29.2 Å². The van der Waals surface area contributed by atoms with Crippen LogP contribution < -0.4 is 5.32 Å². The second-order valence-electron chi connectivity index (χ2n) is 5.83. The average Bonchev–Trinajstić information content (AvgIpc) is 3.23. The third-order valence-corrected chi connectivity index (χ3v) is 5.02. The minimum atomic E-state index is 0.291. The Morgan fingerprint density at radius 2 is 2.13 bits per heavy atom. The fourth-order valence-corrected chi connectivity index (χ4v) is 4.02. The van der Waals surface area contributed by atoms with Gasteiger partial charge >= 0.3 is 0 Å². The molecule has 1 fully saturated rings. The molecule has 1 atom stereocenters. The molecule has 3 aromatic rings. The molecule has 5 heteroatoms. The number of anilines is 1. The molecule has 2 aromatic heterocycles. The third kappa shape index (κ3) is 2.94. The number of fused-ring (bicyclic) bond motifs is 1. The molecule has 0 unspecified atom stereocenters. The number of benzene rings is 1. The summed E-state index contributed by atoms with van der Waals surface area (Å²) in [6.45, 7) is 3.62. The van der Waals surface area contributed by atoms with E-state index in [9.17, 15) is 0 Å². The van der Waals surface area contributed by atoms with Crippen LogP contribution in [0, 0.1) is 6.92 Å². The van der Waals surface area contributed by atoms with E-state index in [0.29, 0.717) is 6.10 Å². The normalized spacial score (nSPS) is 17.7. The summed E-state index contributed by atoms with van der Waals surface area (Å²) in [5.74, 6) is 1.72. The lowest BCUT2D eigenvalue weighted by molar-refractivity contribution is 0.120. The highest BCUT2D eigenvalue weighted by molar-refractivity contribution is 7.17. The Balaban J connectivity index is 1.74. The fraction of sp³-hybridized carbons (Fsp3) is 0.333. The summed E-state index contributed by atoms with van der Waals surface area (Å²) in [6.07, 6.45) is 2.56. The number of thiophene rings is 1. The maximum Gasteiger partial charge on any atom is 0.139 e. The fourth-order valence-electron chi connectivity index (χ4n) is 3.02. The van der Waals surface area contributed by atoms with E-state index in [0.717, 1.165) is 47.9 Å². The number of nitrogens with zero attached hydrogens (tertiary/aromatic N) is 2. The van der Waals surface area contributed by atoms with Crippen LogP contribution in [0.5, 0.6) is 0 Å². The van der Waals surface area contributed by atoms with Crippen LogP contribution in [-0.2, 0) is 4.74 Å². The molecule has 1 aliphatic heterocycles. The van der Waals surface area contributed by atoms with Crippen molar-refractivity contribution in [2.24, 2.45) is 0 Å². The highest BCUT2D eigenvalue weighted by Gasteiger charge is 2.18. The minimum absolute atomic E-state index is 0.291. The van der Waals surface area contributed by atoms with Crippen molar-refractivity contribution in [3.63, 3.8) is 0 Å². The summed E-state index contributed by atoms with van der Waals surface area (Å²) in [4.78, 5) is 10.3. The summed E-state index contributed by atoms with van der Waals surface area (Å²) < 4.78 is 5.71. The van der Waals surface area contributed by atoms with Crippen molar-refractivity contribution in [3.8, 4) is 11.1 Å². The summed E-state index contributed by atoms with van der Waals surface area (Å²) in [5, 5.41) is 6.78. The van der Waals surface area contributed by atoms with Gasteiger partial charge in [-0.05, 0) is 25.3 Å². The van der Waals surface area contributed by atoms with Crippen LogP contribution in [0.1, 0.15) is 18.7 Å². The van der Waals surface area contributed by atoms with Crippen molar-refractivity contribution in [3.05, 3.63) is 41.5 Å². The first-order valence-corrected chi connectivity index (χ1v) is 8.86. The van der Waals surface area contributed by atoms with Gasteiger partial charge in [0.1, 0.15) is 16.5 Å². The topological polar surface area (TPSA) is 47.0 Å². The molecule has 0 aliphatic carbocycles. The smallest absolute Gasteiger partial charge is 0.139 e. The van der Waals surface area contributed by atoms with E-state index in [1.807, 2.05) is 13.0 Å². The van der Waals surface area contributed by atoms with Crippen molar-refractivity contribution in [2.45, 2.75) is 25.9 Å². The van der Waals surface area contributed by atoms with Gasteiger partial charge < -0.3 is 10.1 Å². The predicted molar refractivity (Wildman–Crippen MR) is 95.1 cm³/mol. The SMILES string of the molecule is Cc1nc(NC[C@H]2CCCO2)c2c(-c3ccccc3)csc2n1. The first-order chi connectivity index (χ1) is 11.3. The molecule has 4 nitrogen and oxygen atoms in total. The second kappa shape index (κ2) is 6.26. The molecule has 0 spiro atoms. The van der Waals surface area contributed by atoms with Gasteiger partial charge in [0.05, 0.1) is 11.5 Å². The van der Waals surface area contributed by atoms with Crippen molar-refractivity contribution in [1.82, 2.24) is 9.97 Å². The van der Waals surface area contributed by atoms with Crippen LogP contribution in [0.15, 0.2) is 35.7 Å². The molecule has 0 saturated carbocycles. The minimum Gasteiger partial charge on any atom is -0.376 e. The molecule has 118 valence electrons. The van der Waals surface area contributed by atoms with Crippen LogP contribution in [0.4, 0.5) is 5.82 Å². The van der Waals surface area contributed by atoms with Gasteiger partial charge in [0.15, 0.2) is 0 Å². The van der Waals surface area contributed by atoms with E-state index < -0.39 is 0 Å². The van der Waals surface area contributed by atoms with Crippen LogP contribution in [0.25, 0.3) is 21.3 Å². The van der Waals surface area contributed by atoms with E-state index in [1.54, 1.807) is 11.3 Å². The zero-order chi connectivity index (χ0) is 15.6. The summed E-state index contributed by atoms with van der Waals surface area (Å²) in [6, 6.07) is 10.4. The van der Waals surface area contributed by atoms with Crippen LogP contribution in [0.2, 0.25) is 0 Å². The summed E-state index contributed by atoms with van der Waals surface area (Å²) in [7, 11) is 0. The highest BCUT2D eigenvalue weighted by atomic mass is 32.1. The van der Waals surface area contributed by atoms with Gasteiger partial charge in [0.2, 0.25) is 0 Å². The van der Waals surface area contributed by atoms with E-state index in [4.69, 9.17) is 4.74 Å². The second-order valence-corrected chi connectivity index (χ2v) is 6.69. The van der Waals surface area contributed by atoms with Gasteiger partial charge in [-0.2, -0.15) is 0 Å². The Bertz CT molecular complexity index is 810. The largest absolute Gasteiger partial charge is 0.376 e. The van der Waals surface area contributed by atoms with Gasteiger partial charge in [0.25, 0.3) is 0 Å². The van der Waals surface area contributed by atoms with E-state index in [2.05, 4.69) is 44.9 Å². The Labute approximate surface area is 139 Å². The third-order valence-electron chi connectivity index (χ3n) is 4.15. The maximum atomic E-state index is 5.71. The van der Waals surface area contributed by atoms with Crippen molar-refractivity contribution in [1.29, 1.82) is 0 Å². The van der Waals surface area contributed by atoms with Crippen molar-refractivity contribution < 1.29 is 4.74 Å². The number of hydrogen-bond donors (Lipinski definition) is 1. The maximum absolute atomic E-state index is 5.71. The zero-order valence-corrected chi connectivity index (χ0v) is 13.9. The molecule has 1 saturated heterocycles. The molecule has 0 radical (unpaired) electrons. The lowest BCUT2D eigenvalue weighted by Crippen LogP contribution is -2.19. The Kier molecular flexibility index (Phi) is 3.97. The van der Waals surface area contributed by atoms with Crippen molar-refractivity contribution >= 4 is 27.4 Å². The van der Waals surface area contributed by atoms with E-state index in [-0.39, 0.29) is 0 Å². The molecule has 0 bridgehead atoms. The van der Waals surface area contributed by atoms with Crippen molar-refractivity contribution in [2.75, 3.05) is 18.5 Å². The molecule has 1 aromatic carbocycles. The van der Waals surface area contributed by atoms with Gasteiger partial charge in [-0.3, -0.25) is 0 Å². The Morgan fingerprint density at radius 3 is 2.91 bits per heavy atom. The highest BCUT2D eigenvalue weighted by Crippen LogP contribution is 2.36. The monoisotopic (exact) mass is 325 g/mol. The molecule has 3 heterocycles. The molecule has 4 rings (SSSR count). The number of rotatable bonds is 4. The molecule has 1 N–H and O–H groups in total. The zero-order valence-electron chi connectivity index (χ0n) is 13.1. The number of ether oxygens (including phenoxy) is 1. The number of hydrogen-bond acceptors (Lipinski definition) is 5. The molecule has 23 heavy (non-hydrogen) atoms. The number of aryl methyl sites for hydroxylation is 1. The average molecular weight is 325 g/mol. The lowest BCUT2D eigenvalue weighted by atomic mass is 10.1. The Morgan fingerprint density at radius 1 is 1.26 bits per heavy atom. The standard InChI is InChI=1S/C18H19N3OS/c1-12-20-17(19-10-14-8-5-9-22-14)16-15(11-23-18(16)21-12)13-6-3-2-4-7-13/h2-4,6-7,11,14H,5,8-10H2,1H3,(H,19,20,21)/t14-/m1/s1. The van der Waals surface area contributed by atoms with Crippen LogP contribution in [0.3, 0.4) is 0 Å². The summed E-state index contributed by atoms with van der Waals surface area (Å²) in [5.41, 5.74) is 2.40. The van der Waals surface area contributed by atoms with Gasteiger partial charge in [-0.1, -0.05) is 30.3 Å². The first kappa shape index (κ1) is 14.6. The van der Waals surface area contributed by atoms with E-state index in [1.165, 1.54) is 11.1 Å². The Hall–Kier alpha value is -1.98. The number of nitrogens with one attached hydrogen (secondary N) is 1. The quantitative estimate of drug-likeness (QED) is 0.778. The van der Waals surface area contributed by atoms with Gasteiger partial charge in [0, 0.05) is 24.1 Å². The van der Waals surface area contributed by atoms with E-state index >= 15 is 0 Å². The van der Waals surface area contributed by atoms with Gasteiger partial charge in [-0.15, -0.1) is 11.3 Å². The molecular weight excluding hydrogens is 306 g/mol. The molecule has 1 aliphatic rings. The first-order valence-electron chi connectivity index (χ1n) is 7.98. The number of aromatic nitrogens is 2. The molecular formula is C18H19N3OS. The predicted octanol–water partition coefficient (Wildman–Crippen LogP) is 4.26. The van der Waals surface area contributed by atoms with Gasteiger partial charge in [-0.25, -0.2) is 9.97 Å². The lowest BCUT2D eigenvalue weighted by Gasteiger charge is -2.13. The molecule has 0 amide bonds. The van der Waals surface area contributed by atoms with Crippen LogP contribution >= 0.6 is 11.3 Å². The summed E-state index contributed by atoms with van der Waals surface area (Å²) >= 11 is 1.67.